The van der Waals surface area contributed by atoms with Gasteiger partial charge in [-0.1, -0.05) is 34.6 Å². The van der Waals surface area contributed by atoms with Gasteiger partial charge >= 0.3 is 23.1 Å². The van der Waals surface area contributed by atoms with Crippen LogP contribution in [0.2, 0.25) is 18.1 Å². The van der Waals surface area contributed by atoms with Crippen LogP contribution in [0.5, 0.6) is 5.75 Å². The third kappa shape index (κ3) is 5.63. The molecule has 1 rings (SSSR count). The molecule has 0 amide bonds. The van der Waals surface area contributed by atoms with Crippen molar-refractivity contribution in [2.24, 2.45) is 0 Å². The van der Waals surface area contributed by atoms with Gasteiger partial charge in [0.05, 0.1) is 0 Å². The first-order valence-electron chi connectivity index (χ1n) is 5.81. The van der Waals surface area contributed by atoms with Crippen LogP contribution in [0.15, 0.2) is 12.1 Å². The van der Waals surface area contributed by atoms with Crippen LogP contribution in [0.25, 0.3) is 0 Å². The molecule has 0 saturated heterocycles. The van der Waals surface area contributed by atoms with Crippen LogP contribution in [0.3, 0.4) is 0 Å². The van der Waals surface area contributed by atoms with Crippen molar-refractivity contribution in [2.45, 2.75) is 52.8 Å². The molecule has 0 spiro atoms. The molecule has 1 aromatic rings. The first-order chi connectivity index (χ1) is 7.12. The van der Waals surface area contributed by atoms with E-state index < -0.39 is 8.32 Å². The molecule has 1 aromatic carbocycles. The summed E-state index contributed by atoms with van der Waals surface area (Å²) in [5.41, 5.74) is 2.29. The van der Waals surface area contributed by atoms with Crippen LogP contribution in [0, 0.1) is 19.9 Å². The van der Waals surface area contributed by atoms with Gasteiger partial charge < -0.3 is 21.4 Å². The molecule has 0 saturated carbocycles. The Morgan fingerprint density at radius 3 is 1.78 bits per heavy atom. The molecule has 0 aliphatic heterocycles. The molecule has 0 aromatic heterocycles. The normalized spacial score (nSPS) is 11.3. The number of benzene rings is 1. The Balaban J connectivity index is 0. The predicted molar refractivity (Wildman–Crippen MR) is 78.3 cm³/mol. The summed E-state index contributed by atoms with van der Waals surface area (Å²) in [7, 11) is -1.71. The van der Waals surface area contributed by atoms with E-state index in [9.17, 15) is 0 Å². The van der Waals surface area contributed by atoms with Gasteiger partial charge in [-0.25, -0.2) is 0 Å². The minimum atomic E-state index is -1.71. The van der Waals surface area contributed by atoms with Crippen LogP contribution in [-0.4, -0.2) is 31.4 Å². The largest absolute Gasteiger partial charge is 2.00 e. The van der Waals surface area contributed by atoms with Crippen LogP contribution < -0.4 is 21.4 Å². The Bertz CT molecular complexity index is 366. The molecule has 0 atom stereocenters. The number of rotatable bonds is 2. The fraction of sp³-hybridized carbons (Fsp3) is 0.571. The zero-order chi connectivity index (χ0) is 12.6. The van der Waals surface area contributed by atoms with Gasteiger partial charge in [0.2, 0.25) is 8.32 Å². The molecule has 0 aliphatic carbocycles. The topological polar surface area (TPSA) is 9.23 Å². The molecule has 1 nitrogen and oxygen atoms in total. The Morgan fingerprint density at radius 1 is 1.06 bits per heavy atom. The van der Waals surface area contributed by atoms with E-state index in [1.807, 2.05) is 0 Å². The van der Waals surface area contributed by atoms with Crippen molar-refractivity contribution in [1.82, 2.24) is 0 Å². The molecular formula is C14H23BrMgOSi. The molecule has 4 heteroatoms. The molecule has 0 bridgehead atoms. The molecule has 0 N–H and O–H groups in total. The van der Waals surface area contributed by atoms with Crippen LogP contribution in [0.4, 0.5) is 0 Å². The van der Waals surface area contributed by atoms with Gasteiger partial charge in [-0.05, 0) is 23.9 Å². The molecule has 0 fully saturated rings. The van der Waals surface area contributed by atoms with E-state index in [0.29, 0.717) is 0 Å². The molecule has 18 heavy (non-hydrogen) atoms. The first kappa shape index (κ1) is 20.8. The fourth-order valence-corrected chi connectivity index (χ4v) is 2.37. The Labute approximate surface area is 140 Å². The average Bonchev–Trinajstić information content (AvgIpc) is 1.97. The van der Waals surface area contributed by atoms with E-state index in [0.717, 1.165) is 16.9 Å². The molecule has 0 aliphatic rings. The number of hydrogen-bond acceptors (Lipinski definition) is 1. The van der Waals surface area contributed by atoms with E-state index in [4.69, 9.17) is 4.43 Å². The van der Waals surface area contributed by atoms with Crippen molar-refractivity contribution in [3.63, 3.8) is 0 Å². The van der Waals surface area contributed by atoms with Gasteiger partial charge in [0, 0.05) is 0 Å². The molecule has 0 heterocycles. The average molecular weight is 340 g/mol. The van der Waals surface area contributed by atoms with E-state index in [2.05, 4.69) is 65.9 Å². The van der Waals surface area contributed by atoms with E-state index in [1.54, 1.807) is 0 Å². The Kier molecular flexibility index (Phi) is 8.45. The predicted octanol–water partition coefficient (Wildman–Crippen LogP) is 1.11. The van der Waals surface area contributed by atoms with Crippen LogP contribution in [-0.2, 0) is 0 Å². The fourth-order valence-electron chi connectivity index (χ4n) is 1.36. The maximum Gasteiger partial charge on any atom is 2.00 e. The summed E-state index contributed by atoms with van der Waals surface area (Å²) in [6.07, 6.45) is 0. The van der Waals surface area contributed by atoms with Crippen molar-refractivity contribution in [3.8, 4) is 5.75 Å². The zero-order valence-electron chi connectivity index (χ0n) is 12.6. The molecule has 0 unspecified atom stereocenters. The van der Waals surface area contributed by atoms with Gasteiger partial charge in [-0.15, -0.1) is 12.1 Å². The minimum Gasteiger partial charge on any atom is -1.00 e. The second kappa shape index (κ2) is 7.31. The maximum atomic E-state index is 6.25. The van der Waals surface area contributed by atoms with Crippen molar-refractivity contribution >= 4 is 31.4 Å². The van der Waals surface area contributed by atoms with Crippen molar-refractivity contribution in [2.75, 3.05) is 0 Å². The van der Waals surface area contributed by atoms with Gasteiger partial charge in [-0.3, -0.25) is 0 Å². The van der Waals surface area contributed by atoms with E-state index in [-0.39, 0.29) is 45.1 Å². The maximum absolute atomic E-state index is 6.25. The Hall–Kier alpha value is 0.483. The second-order valence-electron chi connectivity index (χ2n) is 6.04. The minimum absolute atomic E-state index is 0. The van der Waals surface area contributed by atoms with Gasteiger partial charge in [-0.2, -0.15) is 17.2 Å². The van der Waals surface area contributed by atoms with Crippen molar-refractivity contribution in [3.05, 3.63) is 29.3 Å². The third-order valence-electron chi connectivity index (χ3n) is 3.29. The quantitative estimate of drug-likeness (QED) is 0.579. The number of hydrogen-bond donors (Lipinski definition) is 0. The standard InChI is InChI=1S/C14H23OSi.BrH.Mg/c1-11-8-12(2)10-13(9-11)15-16(6,7)14(3,4)5;;/h9-10H,1-7H3;1H;/q-1;;+2/p-1. The van der Waals surface area contributed by atoms with E-state index in [1.165, 1.54) is 0 Å². The summed E-state index contributed by atoms with van der Waals surface area (Å²) in [6, 6.07) is 7.42. The van der Waals surface area contributed by atoms with Crippen LogP contribution in [0.1, 0.15) is 31.9 Å². The van der Waals surface area contributed by atoms with Crippen molar-refractivity contribution < 1.29 is 21.4 Å². The molecular weight excluding hydrogens is 316 g/mol. The molecule has 98 valence electrons. The monoisotopic (exact) mass is 338 g/mol. The number of aryl methyl sites for hydroxylation is 2. The third-order valence-corrected chi connectivity index (χ3v) is 7.65. The Morgan fingerprint density at radius 2 is 1.44 bits per heavy atom. The zero-order valence-corrected chi connectivity index (χ0v) is 16.6. The first-order valence-corrected chi connectivity index (χ1v) is 8.72. The summed E-state index contributed by atoms with van der Waals surface area (Å²) in [6.45, 7) is 15.4. The SMILES string of the molecule is Cc1[c-]c(C)cc(O[Si](C)(C)C(C)(C)C)c1.[Br-].[Mg+2]. The van der Waals surface area contributed by atoms with Gasteiger partial charge in [0.25, 0.3) is 0 Å². The van der Waals surface area contributed by atoms with Gasteiger partial charge in [0.1, 0.15) is 0 Å². The van der Waals surface area contributed by atoms with Gasteiger partial charge in [0.15, 0.2) is 0 Å². The second-order valence-corrected chi connectivity index (χ2v) is 10.8. The molecule has 0 radical (unpaired) electrons. The summed E-state index contributed by atoms with van der Waals surface area (Å²) >= 11 is 0. The summed E-state index contributed by atoms with van der Waals surface area (Å²) < 4.78 is 6.25. The smallest absolute Gasteiger partial charge is 1.00 e. The van der Waals surface area contributed by atoms with Crippen LogP contribution >= 0.6 is 0 Å². The van der Waals surface area contributed by atoms with Crippen molar-refractivity contribution in [1.29, 1.82) is 0 Å². The van der Waals surface area contributed by atoms with E-state index >= 15 is 0 Å². The summed E-state index contributed by atoms with van der Waals surface area (Å²) in [5.74, 6) is 1.00. The summed E-state index contributed by atoms with van der Waals surface area (Å²) in [4.78, 5) is 0. The summed E-state index contributed by atoms with van der Waals surface area (Å²) in [5, 5.41) is 0.244. The number of halogens is 1.